The third-order valence-corrected chi connectivity index (χ3v) is 5.18. The second-order valence-electron chi connectivity index (χ2n) is 5.70. The third kappa shape index (κ3) is 3.26. The van der Waals surface area contributed by atoms with Crippen LogP contribution < -0.4 is 0 Å². The number of phenolic OH excluding ortho intramolecular Hbond substituents is 1. The van der Waals surface area contributed by atoms with Crippen LogP contribution in [0.2, 0.25) is 0 Å². The molecule has 5 nitrogen and oxygen atoms in total. The lowest BCUT2D eigenvalue weighted by molar-refractivity contribution is 0.0527. The lowest BCUT2D eigenvalue weighted by Gasteiger charge is -2.08. The first kappa shape index (κ1) is 17.9. The Morgan fingerprint density at radius 1 is 1.31 bits per heavy atom. The molecule has 0 aliphatic heterocycles. The molecule has 3 aromatic rings. The number of aryl methyl sites for hydroxylation is 1. The zero-order valence-corrected chi connectivity index (χ0v) is 15.3. The number of esters is 1. The number of carbonyl (C=O) groups excluding carboxylic acids is 1. The molecule has 0 aliphatic carbocycles. The number of benzene rings is 2. The van der Waals surface area contributed by atoms with Gasteiger partial charge in [-0.3, -0.25) is 0 Å². The highest BCUT2D eigenvalue weighted by atomic mass is 32.2. The minimum atomic E-state index is -0.425. The summed E-state index contributed by atoms with van der Waals surface area (Å²) in [5.74, 6) is -0.00398. The molecule has 0 unspecified atom stereocenters. The highest BCUT2D eigenvalue weighted by Crippen LogP contribution is 2.34. The standard InChI is InChI=1S/C20H18N2O3S/c1-3-25-20(24)19-15-10-18(23)13(11-21)9-16(15)22(2)17(19)12-26-14-7-5-4-6-8-14/h4-10,23H,3,12H2,1-2H3. The number of thioether (sulfide) groups is 1. The van der Waals surface area contributed by atoms with Crippen molar-refractivity contribution in [1.29, 1.82) is 5.26 Å². The molecule has 0 saturated carbocycles. The Labute approximate surface area is 155 Å². The minimum Gasteiger partial charge on any atom is -0.507 e. The number of hydrogen-bond acceptors (Lipinski definition) is 5. The topological polar surface area (TPSA) is 75.2 Å². The van der Waals surface area contributed by atoms with E-state index in [-0.39, 0.29) is 17.9 Å². The molecule has 1 aromatic heterocycles. The predicted octanol–water partition coefficient (Wildman–Crippen LogP) is 4.22. The van der Waals surface area contributed by atoms with E-state index in [1.807, 2.05) is 48.0 Å². The zero-order chi connectivity index (χ0) is 18.7. The van der Waals surface area contributed by atoms with Crippen LogP contribution in [0.15, 0.2) is 47.4 Å². The predicted molar refractivity (Wildman–Crippen MR) is 101 cm³/mol. The first-order chi connectivity index (χ1) is 12.6. The Hall–Kier alpha value is -2.91. The van der Waals surface area contributed by atoms with E-state index in [2.05, 4.69) is 0 Å². The van der Waals surface area contributed by atoms with Crippen LogP contribution in [0.4, 0.5) is 0 Å². The molecular formula is C20H18N2O3S. The van der Waals surface area contributed by atoms with Gasteiger partial charge in [-0.15, -0.1) is 11.8 Å². The fourth-order valence-corrected chi connectivity index (χ4v) is 3.87. The molecule has 26 heavy (non-hydrogen) atoms. The van der Waals surface area contributed by atoms with Crippen molar-refractivity contribution in [2.24, 2.45) is 7.05 Å². The Morgan fingerprint density at radius 3 is 2.69 bits per heavy atom. The third-order valence-electron chi connectivity index (χ3n) is 4.16. The normalized spacial score (nSPS) is 10.7. The van der Waals surface area contributed by atoms with Crippen LogP contribution in [0.3, 0.4) is 0 Å². The van der Waals surface area contributed by atoms with E-state index in [0.717, 1.165) is 10.6 Å². The summed E-state index contributed by atoms with van der Waals surface area (Å²) >= 11 is 1.61. The van der Waals surface area contributed by atoms with Gasteiger partial charge in [-0.05, 0) is 31.2 Å². The first-order valence-corrected chi connectivity index (χ1v) is 9.14. The van der Waals surface area contributed by atoms with Crippen LogP contribution in [-0.4, -0.2) is 22.2 Å². The summed E-state index contributed by atoms with van der Waals surface area (Å²) in [6, 6.07) is 14.9. The number of ether oxygens (including phenoxy) is 1. The summed E-state index contributed by atoms with van der Waals surface area (Å²) in [6.07, 6.45) is 0. The van der Waals surface area contributed by atoms with Gasteiger partial charge in [0.15, 0.2) is 0 Å². The molecule has 0 fully saturated rings. The maximum Gasteiger partial charge on any atom is 0.340 e. The van der Waals surface area contributed by atoms with Crippen molar-refractivity contribution >= 4 is 28.6 Å². The van der Waals surface area contributed by atoms with Crippen LogP contribution >= 0.6 is 11.8 Å². The van der Waals surface area contributed by atoms with E-state index < -0.39 is 5.97 Å². The number of nitrogens with zero attached hydrogens (tertiary/aromatic N) is 2. The average Bonchev–Trinajstić information content (AvgIpc) is 2.91. The summed E-state index contributed by atoms with van der Waals surface area (Å²) in [6.45, 7) is 2.02. The minimum absolute atomic E-state index is 0.140. The van der Waals surface area contributed by atoms with Crippen molar-refractivity contribution in [2.45, 2.75) is 17.6 Å². The van der Waals surface area contributed by atoms with Crippen molar-refractivity contribution in [2.75, 3.05) is 6.61 Å². The Balaban J connectivity index is 2.13. The van der Waals surface area contributed by atoms with Gasteiger partial charge in [-0.25, -0.2) is 4.79 Å². The molecule has 0 amide bonds. The molecule has 2 aromatic carbocycles. The van der Waals surface area contributed by atoms with Crippen LogP contribution in [0.25, 0.3) is 10.9 Å². The van der Waals surface area contributed by atoms with Crippen molar-refractivity contribution < 1.29 is 14.6 Å². The van der Waals surface area contributed by atoms with E-state index >= 15 is 0 Å². The number of phenols is 1. The molecule has 0 saturated heterocycles. The average molecular weight is 366 g/mol. The van der Waals surface area contributed by atoms with Gasteiger partial charge in [0.25, 0.3) is 0 Å². The molecule has 3 rings (SSSR count). The molecule has 0 atom stereocenters. The Bertz CT molecular complexity index is 1000. The Kier molecular flexibility index (Phi) is 5.19. The summed E-state index contributed by atoms with van der Waals surface area (Å²) < 4.78 is 7.12. The summed E-state index contributed by atoms with van der Waals surface area (Å²) in [4.78, 5) is 13.7. The number of aromatic nitrogens is 1. The van der Waals surface area contributed by atoms with Gasteiger partial charge in [0.2, 0.25) is 0 Å². The number of nitriles is 1. The molecule has 0 spiro atoms. The van der Waals surface area contributed by atoms with Gasteiger partial charge in [-0.2, -0.15) is 5.26 Å². The monoisotopic (exact) mass is 366 g/mol. The van der Waals surface area contributed by atoms with E-state index in [1.165, 1.54) is 6.07 Å². The van der Waals surface area contributed by atoms with Crippen LogP contribution in [0, 0.1) is 11.3 Å². The van der Waals surface area contributed by atoms with E-state index in [0.29, 0.717) is 22.2 Å². The number of aromatic hydroxyl groups is 1. The van der Waals surface area contributed by atoms with E-state index in [9.17, 15) is 15.2 Å². The first-order valence-electron chi connectivity index (χ1n) is 8.16. The van der Waals surface area contributed by atoms with Gasteiger partial charge in [0.05, 0.1) is 23.3 Å². The van der Waals surface area contributed by atoms with E-state index in [1.54, 1.807) is 24.8 Å². The van der Waals surface area contributed by atoms with Crippen molar-refractivity contribution in [3.8, 4) is 11.8 Å². The van der Waals surface area contributed by atoms with Crippen LogP contribution in [-0.2, 0) is 17.5 Å². The molecule has 0 aliphatic rings. The second-order valence-corrected chi connectivity index (χ2v) is 6.75. The van der Waals surface area contributed by atoms with E-state index in [4.69, 9.17) is 4.74 Å². The second kappa shape index (κ2) is 7.54. The number of carbonyl (C=O) groups is 1. The maximum atomic E-state index is 12.6. The lowest BCUT2D eigenvalue weighted by atomic mass is 10.1. The summed E-state index contributed by atoms with van der Waals surface area (Å²) in [7, 11) is 1.85. The van der Waals surface area contributed by atoms with Crippen LogP contribution in [0.5, 0.6) is 5.75 Å². The molecule has 0 radical (unpaired) electrons. The smallest absolute Gasteiger partial charge is 0.340 e. The molecule has 6 heteroatoms. The molecule has 1 N–H and O–H groups in total. The van der Waals surface area contributed by atoms with Gasteiger partial charge in [0, 0.05) is 28.8 Å². The number of rotatable bonds is 5. The fraction of sp³-hybridized carbons (Fsp3) is 0.200. The quantitative estimate of drug-likeness (QED) is 0.540. The summed E-state index contributed by atoms with van der Waals surface area (Å²) in [5, 5.41) is 19.8. The van der Waals surface area contributed by atoms with Crippen molar-refractivity contribution in [1.82, 2.24) is 4.57 Å². The Morgan fingerprint density at radius 2 is 2.04 bits per heavy atom. The number of hydrogen-bond donors (Lipinski definition) is 1. The summed E-state index contributed by atoms with van der Waals surface area (Å²) in [5.41, 5.74) is 2.12. The lowest BCUT2D eigenvalue weighted by Crippen LogP contribution is -2.08. The highest BCUT2D eigenvalue weighted by molar-refractivity contribution is 7.98. The molecule has 0 bridgehead atoms. The zero-order valence-electron chi connectivity index (χ0n) is 14.5. The van der Waals surface area contributed by atoms with Gasteiger partial charge >= 0.3 is 5.97 Å². The van der Waals surface area contributed by atoms with Crippen LogP contribution in [0.1, 0.15) is 28.5 Å². The SMILES string of the molecule is CCOC(=O)c1c(CSc2ccccc2)n(C)c2cc(C#N)c(O)cc12. The highest BCUT2D eigenvalue weighted by Gasteiger charge is 2.23. The largest absolute Gasteiger partial charge is 0.507 e. The number of fused-ring (bicyclic) bond motifs is 1. The maximum absolute atomic E-state index is 12.6. The fourth-order valence-electron chi connectivity index (χ4n) is 2.88. The molecular weight excluding hydrogens is 348 g/mol. The molecule has 132 valence electrons. The molecule has 1 heterocycles. The van der Waals surface area contributed by atoms with Gasteiger partial charge in [0.1, 0.15) is 11.8 Å². The van der Waals surface area contributed by atoms with Gasteiger partial charge in [-0.1, -0.05) is 18.2 Å². The van der Waals surface area contributed by atoms with Gasteiger partial charge < -0.3 is 14.4 Å². The van der Waals surface area contributed by atoms with Crippen molar-refractivity contribution in [3.05, 3.63) is 59.3 Å². The van der Waals surface area contributed by atoms with Crippen molar-refractivity contribution in [3.63, 3.8) is 0 Å².